The predicted molar refractivity (Wildman–Crippen MR) is 72.5 cm³/mol. The number of amidine groups is 1. The quantitative estimate of drug-likeness (QED) is 0.389. The Bertz CT molecular complexity index is 602. The molecule has 2 aromatic rings. The molecule has 1 heterocycles. The predicted octanol–water partition coefficient (Wildman–Crippen LogP) is 2.41. The molecule has 0 spiro atoms. The summed E-state index contributed by atoms with van der Waals surface area (Å²) < 4.78 is 5.59. The number of nitrogens with two attached hydrogens (primary N) is 1. The number of nitrogens with zero attached hydrogens (tertiary/aromatic N) is 2. The molecule has 1 aromatic carbocycles. The summed E-state index contributed by atoms with van der Waals surface area (Å²) in [5, 5.41) is 12.1. The van der Waals surface area contributed by atoms with Crippen molar-refractivity contribution in [3.63, 3.8) is 0 Å². The van der Waals surface area contributed by atoms with Gasteiger partial charge in [-0.25, -0.2) is 0 Å². The second kappa shape index (κ2) is 6.06. The summed E-state index contributed by atoms with van der Waals surface area (Å²) in [6, 6.07) is 10.7. The van der Waals surface area contributed by atoms with Crippen molar-refractivity contribution in [2.24, 2.45) is 10.9 Å². The van der Waals surface area contributed by atoms with Crippen LogP contribution in [0, 0.1) is 0 Å². The summed E-state index contributed by atoms with van der Waals surface area (Å²) in [5.41, 5.74) is 6.76. The topological polar surface area (TPSA) is 80.7 Å². The third-order valence-corrected chi connectivity index (χ3v) is 2.63. The number of benzene rings is 1. The molecule has 0 amide bonds. The summed E-state index contributed by atoms with van der Waals surface area (Å²) in [5.74, 6) is 0.518. The number of oxime groups is 1. The SMILES string of the molecule is NC(=NO)c1cc(OCc2cccc(Cl)c2)ccn1. The molecule has 3 N–H and O–H groups in total. The zero-order chi connectivity index (χ0) is 13.7. The lowest BCUT2D eigenvalue weighted by Gasteiger charge is -2.07. The lowest BCUT2D eigenvalue weighted by atomic mass is 10.2. The second-order valence-corrected chi connectivity index (χ2v) is 4.22. The second-order valence-electron chi connectivity index (χ2n) is 3.78. The monoisotopic (exact) mass is 277 g/mol. The number of hydrogen-bond donors (Lipinski definition) is 2. The summed E-state index contributed by atoms with van der Waals surface area (Å²) in [6.45, 7) is 0.375. The number of hydrogen-bond acceptors (Lipinski definition) is 4. The fraction of sp³-hybridized carbons (Fsp3) is 0.0769. The molecule has 0 aliphatic heterocycles. The fourth-order valence-corrected chi connectivity index (χ4v) is 1.70. The molecule has 2 rings (SSSR count). The number of halogens is 1. The standard InChI is InChI=1S/C13H12ClN3O2/c14-10-3-1-2-9(6-10)8-19-11-4-5-16-12(7-11)13(15)17-18/h1-7,18H,8H2,(H2,15,17). The molecule has 0 bridgehead atoms. The Kier molecular flexibility index (Phi) is 4.20. The third kappa shape index (κ3) is 3.59. The Labute approximate surface area is 115 Å². The molecule has 0 radical (unpaired) electrons. The number of rotatable bonds is 4. The first-order valence-electron chi connectivity index (χ1n) is 5.50. The van der Waals surface area contributed by atoms with Crippen LogP contribution in [0.15, 0.2) is 47.8 Å². The molecule has 0 aliphatic carbocycles. The van der Waals surface area contributed by atoms with Gasteiger partial charge in [-0.1, -0.05) is 28.9 Å². The van der Waals surface area contributed by atoms with E-state index < -0.39 is 0 Å². The Morgan fingerprint density at radius 2 is 2.21 bits per heavy atom. The molecule has 0 saturated carbocycles. The van der Waals surface area contributed by atoms with Gasteiger partial charge in [0, 0.05) is 17.3 Å². The first-order valence-corrected chi connectivity index (χ1v) is 5.88. The van der Waals surface area contributed by atoms with E-state index in [1.54, 1.807) is 18.2 Å². The number of ether oxygens (including phenoxy) is 1. The third-order valence-electron chi connectivity index (χ3n) is 2.40. The van der Waals surface area contributed by atoms with Crippen LogP contribution in [0.5, 0.6) is 5.75 Å². The summed E-state index contributed by atoms with van der Waals surface area (Å²) >= 11 is 5.89. The van der Waals surface area contributed by atoms with Gasteiger partial charge < -0.3 is 15.7 Å². The van der Waals surface area contributed by atoms with Crippen LogP contribution in [0.1, 0.15) is 11.3 Å². The van der Waals surface area contributed by atoms with E-state index in [0.717, 1.165) is 5.56 Å². The number of pyridine rings is 1. The van der Waals surface area contributed by atoms with E-state index in [1.165, 1.54) is 6.20 Å². The average molecular weight is 278 g/mol. The Morgan fingerprint density at radius 1 is 1.37 bits per heavy atom. The lowest BCUT2D eigenvalue weighted by Crippen LogP contribution is -2.14. The average Bonchev–Trinajstić information content (AvgIpc) is 2.45. The van der Waals surface area contributed by atoms with Crippen molar-refractivity contribution >= 4 is 17.4 Å². The normalized spacial score (nSPS) is 11.3. The molecular formula is C13H12ClN3O2. The van der Waals surface area contributed by atoms with Crippen molar-refractivity contribution in [1.82, 2.24) is 4.98 Å². The zero-order valence-electron chi connectivity index (χ0n) is 9.95. The highest BCUT2D eigenvalue weighted by Gasteiger charge is 2.03. The minimum Gasteiger partial charge on any atom is -0.489 e. The molecule has 0 fully saturated rings. The van der Waals surface area contributed by atoms with E-state index in [2.05, 4.69) is 10.1 Å². The maximum atomic E-state index is 8.59. The van der Waals surface area contributed by atoms with Crippen LogP contribution in [0.25, 0.3) is 0 Å². The summed E-state index contributed by atoms with van der Waals surface area (Å²) in [6.07, 6.45) is 1.53. The Hall–Kier alpha value is -2.27. The van der Waals surface area contributed by atoms with E-state index in [4.69, 9.17) is 27.3 Å². The van der Waals surface area contributed by atoms with E-state index in [0.29, 0.717) is 23.1 Å². The van der Waals surface area contributed by atoms with Crippen LogP contribution >= 0.6 is 11.6 Å². The maximum absolute atomic E-state index is 8.59. The highest BCUT2D eigenvalue weighted by atomic mass is 35.5. The molecule has 1 aromatic heterocycles. The van der Waals surface area contributed by atoms with Crippen LogP contribution in [0.4, 0.5) is 0 Å². The van der Waals surface area contributed by atoms with Crippen LogP contribution in [0.2, 0.25) is 5.02 Å². The molecule has 19 heavy (non-hydrogen) atoms. The van der Waals surface area contributed by atoms with Crippen molar-refractivity contribution in [3.8, 4) is 5.75 Å². The lowest BCUT2D eigenvalue weighted by molar-refractivity contribution is 0.305. The molecule has 0 atom stereocenters. The van der Waals surface area contributed by atoms with Gasteiger partial charge >= 0.3 is 0 Å². The maximum Gasteiger partial charge on any atom is 0.188 e. The van der Waals surface area contributed by atoms with Crippen molar-refractivity contribution in [2.45, 2.75) is 6.61 Å². The minimum atomic E-state index is -0.0618. The summed E-state index contributed by atoms with van der Waals surface area (Å²) in [7, 11) is 0. The number of aromatic nitrogens is 1. The van der Waals surface area contributed by atoms with Gasteiger partial charge in [0.15, 0.2) is 5.84 Å². The smallest absolute Gasteiger partial charge is 0.188 e. The highest BCUT2D eigenvalue weighted by molar-refractivity contribution is 6.30. The van der Waals surface area contributed by atoms with Gasteiger partial charge in [0.2, 0.25) is 0 Å². The van der Waals surface area contributed by atoms with Crippen molar-refractivity contribution < 1.29 is 9.94 Å². The first-order chi connectivity index (χ1) is 9.19. The van der Waals surface area contributed by atoms with Gasteiger partial charge in [-0.2, -0.15) is 0 Å². The van der Waals surface area contributed by atoms with Crippen molar-refractivity contribution in [3.05, 3.63) is 58.9 Å². The molecule has 6 heteroatoms. The summed E-state index contributed by atoms with van der Waals surface area (Å²) in [4.78, 5) is 3.96. The largest absolute Gasteiger partial charge is 0.489 e. The molecule has 98 valence electrons. The molecular weight excluding hydrogens is 266 g/mol. The van der Waals surface area contributed by atoms with Crippen LogP contribution in [-0.2, 0) is 6.61 Å². The van der Waals surface area contributed by atoms with E-state index in [1.807, 2.05) is 18.2 Å². The molecule has 5 nitrogen and oxygen atoms in total. The van der Waals surface area contributed by atoms with Crippen LogP contribution < -0.4 is 10.5 Å². The van der Waals surface area contributed by atoms with Gasteiger partial charge in [0.05, 0.1) is 0 Å². The highest BCUT2D eigenvalue weighted by Crippen LogP contribution is 2.15. The molecule has 0 saturated heterocycles. The van der Waals surface area contributed by atoms with Gasteiger partial charge in [0.1, 0.15) is 18.1 Å². The first kappa shape index (κ1) is 13.2. The Balaban J connectivity index is 2.08. The van der Waals surface area contributed by atoms with E-state index in [-0.39, 0.29) is 5.84 Å². The van der Waals surface area contributed by atoms with Crippen molar-refractivity contribution in [1.29, 1.82) is 0 Å². The van der Waals surface area contributed by atoms with E-state index in [9.17, 15) is 0 Å². The van der Waals surface area contributed by atoms with Gasteiger partial charge in [-0.05, 0) is 23.8 Å². The van der Waals surface area contributed by atoms with E-state index >= 15 is 0 Å². The van der Waals surface area contributed by atoms with Crippen LogP contribution in [-0.4, -0.2) is 16.0 Å². The molecule has 0 aliphatic rings. The van der Waals surface area contributed by atoms with Gasteiger partial charge in [-0.3, -0.25) is 4.98 Å². The fourth-order valence-electron chi connectivity index (χ4n) is 1.49. The molecule has 0 unspecified atom stereocenters. The van der Waals surface area contributed by atoms with Crippen molar-refractivity contribution in [2.75, 3.05) is 0 Å². The van der Waals surface area contributed by atoms with Gasteiger partial charge in [-0.15, -0.1) is 0 Å². The Morgan fingerprint density at radius 3 is 2.95 bits per heavy atom. The van der Waals surface area contributed by atoms with Gasteiger partial charge in [0.25, 0.3) is 0 Å². The zero-order valence-corrected chi connectivity index (χ0v) is 10.7. The minimum absolute atomic E-state index is 0.0618. The van der Waals surface area contributed by atoms with Crippen LogP contribution in [0.3, 0.4) is 0 Å².